The molecule has 1 aliphatic heterocycles. The van der Waals surface area contributed by atoms with Gasteiger partial charge in [-0.25, -0.2) is 0 Å². The molecular weight excluding hydrogens is 488 g/mol. The van der Waals surface area contributed by atoms with E-state index >= 15 is 0 Å². The van der Waals surface area contributed by atoms with Crippen LogP contribution >= 0.6 is 27.7 Å². The van der Waals surface area contributed by atoms with Crippen LogP contribution in [-0.2, 0) is 0 Å². The molecule has 2 N–H and O–H groups in total. The Kier molecular flexibility index (Phi) is 5.33. The van der Waals surface area contributed by atoms with Gasteiger partial charge in [0.2, 0.25) is 0 Å². The zero-order valence-electron chi connectivity index (χ0n) is 17.8. The van der Waals surface area contributed by atoms with Crippen LogP contribution in [-0.4, -0.2) is 4.98 Å². The van der Waals surface area contributed by atoms with Crippen LogP contribution in [0.4, 0.5) is 5.69 Å². The van der Waals surface area contributed by atoms with Crippen molar-refractivity contribution in [2.45, 2.75) is 10.1 Å². The second-order valence-corrected chi connectivity index (χ2v) is 10.2. The molecule has 0 spiro atoms. The number of fused-ring (bicyclic) bond motifs is 2. The third kappa shape index (κ3) is 3.90. The van der Waals surface area contributed by atoms with Gasteiger partial charge in [0.25, 0.3) is 0 Å². The SMILES string of the molecule is Brc1ccc(-c2[nH]c3ccccc3c2C2C=C(c3ccccc3)Nc3ccccc3S2)cc1. The van der Waals surface area contributed by atoms with E-state index in [-0.39, 0.29) is 5.25 Å². The number of hydrogen-bond donors (Lipinski definition) is 2. The van der Waals surface area contributed by atoms with E-state index in [2.05, 4.69) is 135 Å². The maximum atomic E-state index is 3.72. The number of nitrogens with one attached hydrogen (secondary N) is 2. The first-order valence-electron chi connectivity index (χ1n) is 10.9. The molecule has 160 valence electrons. The van der Waals surface area contributed by atoms with Crippen LogP contribution in [0.2, 0.25) is 0 Å². The molecule has 0 fully saturated rings. The first-order valence-corrected chi connectivity index (χ1v) is 12.6. The summed E-state index contributed by atoms with van der Waals surface area (Å²) in [4.78, 5) is 4.96. The number of aromatic amines is 1. The van der Waals surface area contributed by atoms with Crippen molar-refractivity contribution < 1.29 is 0 Å². The van der Waals surface area contributed by atoms with Crippen LogP contribution in [0.5, 0.6) is 0 Å². The lowest BCUT2D eigenvalue weighted by molar-refractivity contribution is 1.24. The predicted octanol–water partition coefficient (Wildman–Crippen LogP) is 8.90. The minimum absolute atomic E-state index is 0.131. The second-order valence-electron chi connectivity index (χ2n) is 8.07. The van der Waals surface area contributed by atoms with Gasteiger partial charge in [-0.15, -0.1) is 11.8 Å². The molecule has 0 bridgehead atoms. The van der Waals surface area contributed by atoms with E-state index in [1.54, 1.807) is 0 Å². The highest BCUT2D eigenvalue weighted by Gasteiger charge is 2.25. The van der Waals surface area contributed by atoms with Crippen molar-refractivity contribution in [3.63, 3.8) is 0 Å². The van der Waals surface area contributed by atoms with E-state index in [0.717, 1.165) is 21.4 Å². The van der Waals surface area contributed by atoms with E-state index in [1.807, 2.05) is 11.8 Å². The highest BCUT2D eigenvalue weighted by atomic mass is 79.9. The molecule has 1 aliphatic rings. The number of H-pyrrole nitrogens is 1. The van der Waals surface area contributed by atoms with Crippen molar-refractivity contribution in [2.75, 3.05) is 5.32 Å². The summed E-state index contributed by atoms with van der Waals surface area (Å²) < 4.78 is 1.08. The molecule has 0 saturated carbocycles. The van der Waals surface area contributed by atoms with Gasteiger partial charge in [0.1, 0.15) is 0 Å². The van der Waals surface area contributed by atoms with Crippen LogP contribution in [0.25, 0.3) is 27.9 Å². The van der Waals surface area contributed by atoms with Gasteiger partial charge >= 0.3 is 0 Å². The Bertz CT molecular complexity index is 1470. The summed E-state index contributed by atoms with van der Waals surface area (Å²) in [6.45, 7) is 0. The topological polar surface area (TPSA) is 27.8 Å². The molecule has 1 aromatic heterocycles. The summed E-state index contributed by atoms with van der Waals surface area (Å²) in [7, 11) is 0. The zero-order valence-corrected chi connectivity index (χ0v) is 20.2. The molecule has 4 aromatic carbocycles. The number of benzene rings is 4. The van der Waals surface area contributed by atoms with Crippen molar-refractivity contribution >= 4 is 50.0 Å². The number of halogens is 1. The minimum Gasteiger partial charge on any atom is -0.354 e. The number of thioether (sulfide) groups is 1. The van der Waals surface area contributed by atoms with Gasteiger partial charge in [-0.2, -0.15) is 0 Å². The molecule has 6 rings (SSSR count). The first kappa shape index (κ1) is 20.4. The Hall–Kier alpha value is -3.21. The highest BCUT2D eigenvalue weighted by Crippen LogP contribution is 2.49. The lowest BCUT2D eigenvalue weighted by Crippen LogP contribution is -1.99. The molecule has 33 heavy (non-hydrogen) atoms. The van der Waals surface area contributed by atoms with Gasteiger partial charge in [0.05, 0.1) is 16.6 Å². The molecule has 2 nitrogen and oxygen atoms in total. The summed E-state index contributed by atoms with van der Waals surface area (Å²) in [6.07, 6.45) is 2.37. The molecule has 0 saturated heterocycles. The fourth-order valence-corrected chi connectivity index (χ4v) is 5.92. The monoisotopic (exact) mass is 508 g/mol. The normalized spacial score (nSPS) is 15.4. The van der Waals surface area contributed by atoms with Crippen molar-refractivity contribution in [2.24, 2.45) is 0 Å². The van der Waals surface area contributed by atoms with E-state index in [4.69, 9.17) is 0 Å². The van der Waals surface area contributed by atoms with Crippen LogP contribution in [0.15, 0.2) is 119 Å². The average molecular weight is 509 g/mol. The van der Waals surface area contributed by atoms with E-state index in [1.165, 1.54) is 32.7 Å². The molecule has 2 heterocycles. The lowest BCUT2D eigenvalue weighted by Gasteiger charge is -2.15. The minimum atomic E-state index is 0.131. The van der Waals surface area contributed by atoms with Crippen LogP contribution in [0, 0.1) is 0 Å². The Balaban J connectivity index is 1.59. The van der Waals surface area contributed by atoms with Crippen molar-refractivity contribution in [3.05, 3.63) is 125 Å². The summed E-state index contributed by atoms with van der Waals surface area (Å²) in [5.41, 5.74) is 8.28. The number of anilines is 1. The van der Waals surface area contributed by atoms with Crippen molar-refractivity contribution in [3.8, 4) is 11.3 Å². The highest BCUT2D eigenvalue weighted by molar-refractivity contribution is 9.10. The fraction of sp³-hybridized carbons (Fsp3) is 0.0345. The molecule has 0 aliphatic carbocycles. The smallest absolute Gasteiger partial charge is 0.0575 e. The van der Waals surface area contributed by atoms with E-state index in [9.17, 15) is 0 Å². The Morgan fingerprint density at radius 2 is 1.42 bits per heavy atom. The largest absolute Gasteiger partial charge is 0.354 e. The summed E-state index contributed by atoms with van der Waals surface area (Å²) in [6, 6.07) is 36.3. The van der Waals surface area contributed by atoms with Gasteiger partial charge < -0.3 is 10.3 Å². The number of rotatable bonds is 3. The molecule has 0 radical (unpaired) electrons. The molecule has 0 amide bonds. The fourth-order valence-electron chi connectivity index (χ4n) is 4.41. The van der Waals surface area contributed by atoms with Crippen molar-refractivity contribution in [1.29, 1.82) is 0 Å². The van der Waals surface area contributed by atoms with E-state index in [0.29, 0.717) is 0 Å². The predicted molar refractivity (Wildman–Crippen MR) is 145 cm³/mol. The first-order chi connectivity index (χ1) is 16.3. The van der Waals surface area contributed by atoms with Crippen LogP contribution in [0.1, 0.15) is 16.4 Å². The number of para-hydroxylation sites is 2. The third-order valence-electron chi connectivity index (χ3n) is 5.98. The Morgan fingerprint density at radius 3 is 2.27 bits per heavy atom. The van der Waals surface area contributed by atoms with E-state index < -0.39 is 0 Å². The van der Waals surface area contributed by atoms with Crippen molar-refractivity contribution in [1.82, 2.24) is 4.98 Å². The van der Waals surface area contributed by atoms with Gasteiger partial charge in [-0.3, -0.25) is 0 Å². The Morgan fingerprint density at radius 1 is 0.697 bits per heavy atom. The number of aromatic nitrogens is 1. The summed E-state index contributed by atoms with van der Waals surface area (Å²) in [5, 5.41) is 5.10. The third-order valence-corrected chi connectivity index (χ3v) is 7.74. The zero-order chi connectivity index (χ0) is 22.2. The maximum absolute atomic E-state index is 3.72. The molecule has 4 heteroatoms. The Labute approximate surface area is 205 Å². The molecule has 1 unspecified atom stereocenters. The summed E-state index contributed by atoms with van der Waals surface area (Å²) in [5.74, 6) is 0. The molecular formula is C29H21BrN2S. The molecule has 1 atom stereocenters. The van der Waals surface area contributed by atoms with Crippen LogP contribution in [0.3, 0.4) is 0 Å². The number of hydrogen-bond acceptors (Lipinski definition) is 2. The van der Waals surface area contributed by atoms with Gasteiger partial charge in [-0.1, -0.05) is 88.7 Å². The molecule has 5 aromatic rings. The van der Waals surface area contributed by atoms with Crippen LogP contribution < -0.4 is 5.32 Å². The maximum Gasteiger partial charge on any atom is 0.0575 e. The lowest BCUT2D eigenvalue weighted by atomic mass is 10.0. The summed E-state index contributed by atoms with van der Waals surface area (Å²) >= 11 is 5.47. The van der Waals surface area contributed by atoms with Gasteiger partial charge in [0.15, 0.2) is 0 Å². The van der Waals surface area contributed by atoms with Gasteiger partial charge in [0, 0.05) is 31.5 Å². The average Bonchev–Trinajstić information content (AvgIpc) is 3.13. The second kappa shape index (κ2) is 8.62. The van der Waals surface area contributed by atoms with Gasteiger partial charge in [-0.05, 0) is 47.5 Å². The standard InChI is InChI=1S/C29H21BrN2S/c30-21-16-14-20(15-17-21)29-28(22-10-4-5-11-23(22)32-29)27-18-25(19-8-2-1-3-9-19)31-24-12-6-7-13-26(24)33-27/h1-18,27,31-32H. The quantitative estimate of drug-likeness (QED) is 0.254.